The summed E-state index contributed by atoms with van der Waals surface area (Å²) in [6, 6.07) is 6.46. The van der Waals surface area contributed by atoms with Crippen LogP contribution in [0.3, 0.4) is 0 Å². The van der Waals surface area contributed by atoms with Crippen LogP contribution in [-0.4, -0.2) is 29.1 Å². The lowest BCUT2D eigenvalue weighted by atomic mass is 10.2. The van der Waals surface area contributed by atoms with E-state index in [9.17, 15) is 9.59 Å². The third-order valence-electron chi connectivity index (χ3n) is 2.83. The molecule has 7 heteroatoms. The van der Waals surface area contributed by atoms with Gasteiger partial charge in [-0.3, -0.25) is 9.36 Å². The van der Waals surface area contributed by atoms with Gasteiger partial charge in [0.2, 0.25) is 0 Å². The summed E-state index contributed by atoms with van der Waals surface area (Å²) in [4.78, 5) is 27.1. The highest BCUT2D eigenvalue weighted by molar-refractivity contribution is 6.31. The van der Waals surface area contributed by atoms with E-state index >= 15 is 0 Å². The van der Waals surface area contributed by atoms with Gasteiger partial charge in [0.1, 0.15) is 5.75 Å². The Bertz CT molecular complexity index is 700. The fraction of sp³-hybridized carbons (Fsp3) is 0.214. The number of halogens is 1. The van der Waals surface area contributed by atoms with Crippen molar-refractivity contribution in [3.05, 3.63) is 57.7 Å². The smallest absolute Gasteiger partial charge is 0.347 e. The summed E-state index contributed by atoms with van der Waals surface area (Å²) in [5.74, 6) is 0.127. The summed E-state index contributed by atoms with van der Waals surface area (Å²) in [7, 11) is 1.48. The molecule has 1 heterocycles. The predicted molar refractivity (Wildman–Crippen MR) is 78.8 cm³/mol. The molecule has 1 amide bonds. The van der Waals surface area contributed by atoms with E-state index < -0.39 is 0 Å². The van der Waals surface area contributed by atoms with Gasteiger partial charge in [0.05, 0.1) is 12.7 Å². The Morgan fingerprint density at radius 2 is 2.29 bits per heavy atom. The molecule has 0 unspecified atom stereocenters. The summed E-state index contributed by atoms with van der Waals surface area (Å²) in [5.41, 5.74) is -0.00406. The van der Waals surface area contributed by atoms with Gasteiger partial charge in [0.25, 0.3) is 5.91 Å². The number of carbonyl (C=O) groups is 1. The topological polar surface area (TPSA) is 73.2 Å². The fourth-order valence-corrected chi connectivity index (χ4v) is 1.97. The first-order valence-corrected chi connectivity index (χ1v) is 6.63. The molecule has 0 fully saturated rings. The molecule has 0 atom stereocenters. The Morgan fingerprint density at radius 3 is 3.00 bits per heavy atom. The van der Waals surface area contributed by atoms with E-state index in [0.29, 0.717) is 29.4 Å². The third kappa shape index (κ3) is 3.82. The molecule has 0 saturated carbocycles. The van der Waals surface area contributed by atoms with Crippen LogP contribution in [0, 0.1) is 0 Å². The van der Waals surface area contributed by atoms with Crippen LogP contribution >= 0.6 is 11.6 Å². The van der Waals surface area contributed by atoms with Crippen LogP contribution in [0.4, 0.5) is 0 Å². The lowest BCUT2D eigenvalue weighted by Gasteiger charge is -2.10. The van der Waals surface area contributed by atoms with E-state index in [4.69, 9.17) is 16.3 Å². The maximum Gasteiger partial charge on any atom is 0.347 e. The van der Waals surface area contributed by atoms with Gasteiger partial charge < -0.3 is 10.1 Å². The van der Waals surface area contributed by atoms with Crippen LogP contribution in [0.1, 0.15) is 10.4 Å². The molecule has 1 N–H and O–H groups in total. The number of benzene rings is 1. The number of carbonyl (C=O) groups excluding carboxylic acids is 1. The molecule has 0 spiro atoms. The van der Waals surface area contributed by atoms with E-state index in [1.54, 1.807) is 24.4 Å². The molecule has 0 aliphatic heterocycles. The summed E-state index contributed by atoms with van der Waals surface area (Å²) in [6.07, 6.45) is 3.04. The maximum atomic E-state index is 12.1. The summed E-state index contributed by atoms with van der Waals surface area (Å²) in [6.45, 7) is 0.626. The first-order valence-electron chi connectivity index (χ1n) is 6.25. The lowest BCUT2D eigenvalue weighted by molar-refractivity contribution is 0.0949. The number of nitrogens with zero attached hydrogens (tertiary/aromatic N) is 2. The molecule has 0 aliphatic rings. The van der Waals surface area contributed by atoms with Crippen LogP contribution < -0.4 is 15.7 Å². The third-order valence-corrected chi connectivity index (χ3v) is 3.06. The van der Waals surface area contributed by atoms with Crippen molar-refractivity contribution in [1.29, 1.82) is 0 Å². The van der Waals surface area contributed by atoms with Crippen molar-refractivity contribution in [1.82, 2.24) is 14.9 Å². The van der Waals surface area contributed by atoms with Gasteiger partial charge in [0, 0.05) is 30.5 Å². The Hall–Kier alpha value is -2.34. The molecule has 110 valence electrons. The Balaban J connectivity index is 2.01. The second-order valence-corrected chi connectivity index (χ2v) is 4.63. The van der Waals surface area contributed by atoms with E-state index in [-0.39, 0.29) is 11.6 Å². The molecule has 0 bridgehead atoms. The standard InChI is InChI=1S/C14H14ClN3O3/c1-21-12-4-3-10(15)9-11(12)13(19)16-6-8-18-7-2-5-17-14(18)20/h2-5,7,9H,6,8H2,1H3,(H,16,19). The fourth-order valence-electron chi connectivity index (χ4n) is 1.80. The number of hydrogen-bond donors (Lipinski definition) is 1. The SMILES string of the molecule is COc1ccc(Cl)cc1C(=O)NCCn1cccnc1=O. The first kappa shape index (κ1) is 15.1. The van der Waals surface area contributed by atoms with Crippen molar-refractivity contribution in [2.75, 3.05) is 13.7 Å². The van der Waals surface area contributed by atoms with E-state index in [1.165, 1.54) is 23.9 Å². The zero-order chi connectivity index (χ0) is 15.2. The highest BCUT2D eigenvalue weighted by Crippen LogP contribution is 2.22. The highest BCUT2D eigenvalue weighted by Gasteiger charge is 2.12. The number of aromatic nitrogens is 2. The number of hydrogen-bond acceptors (Lipinski definition) is 4. The Morgan fingerprint density at radius 1 is 1.48 bits per heavy atom. The maximum absolute atomic E-state index is 12.1. The van der Waals surface area contributed by atoms with E-state index in [1.807, 2.05) is 0 Å². The van der Waals surface area contributed by atoms with Gasteiger partial charge in [-0.25, -0.2) is 9.78 Å². The monoisotopic (exact) mass is 307 g/mol. The quantitative estimate of drug-likeness (QED) is 0.904. The number of amides is 1. The zero-order valence-corrected chi connectivity index (χ0v) is 12.1. The van der Waals surface area contributed by atoms with Gasteiger partial charge in [0.15, 0.2) is 0 Å². The molecule has 21 heavy (non-hydrogen) atoms. The van der Waals surface area contributed by atoms with Crippen LogP contribution in [0.25, 0.3) is 0 Å². The van der Waals surface area contributed by atoms with E-state index in [2.05, 4.69) is 10.3 Å². The Labute approximate surface area is 126 Å². The van der Waals surface area contributed by atoms with Crippen LogP contribution in [0.5, 0.6) is 5.75 Å². The average molecular weight is 308 g/mol. The van der Waals surface area contributed by atoms with Gasteiger partial charge in [-0.15, -0.1) is 0 Å². The Kier molecular flexibility index (Phi) is 4.94. The molecule has 0 radical (unpaired) electrons. The van der Waals surface area contributed by atoms with Gasteiger partial charge in [-0.2, -0.15) is 0 Å². The van der Waals surface area contributed by atoms with Gasteiger partial charge >= 0.3 is 5.69 Å². The molecule has 1 aromatic carbocycles. The lowest BCUT2D eigenvalue weighted by Crippen LogP contribution is -2.31. The number of methoxy groups -OCH3 is 1. The van der Waals surface area contributed by atoms with Crippen molar-refractivity contribution >= 4 is 17.5 Å². The van der Waals surface area contributed by atoms with Crippen molar-refractivity contribution in [2.45, 2.75) is 6.54 Å². The number of nitrogens with one attached hydrogen (secondary N) is 1. The molecular formula is C14H14ClN3O3. The summed E-state index contributed by atoms with van der Waals surface area (Å²) < 4.78 is 6.53. The molecule has 2 aromatic rings. The van der Waals surface area contributed by atoms with Crippen molar-refractivity contribution in [3.8, 4) is 5.75 Å². The molecule has 0 aliphatic carbocycles. The summed E-state index contributed by atoms with van der Waals surface area (Å²) >= 11 is 5.88. The van der Waals surface area contributed by atoms with Gasteiger partial charge in [-0.05, 0) is 24.3 Å². The van der Waals surface area contributed by atoms with Crippen LogP contribution in [0.2, 0.25) is 5.02 Å². The first-order chi connectivity index (χ1) is 10.1. The van der Waals surface area contributed by atoms with Crippen LogP contribution in [0.15, 0.2) is 41.5 Å². The predicted octanol–water partition coefficient (Wildman–Crippen LogP) is 1.34. The molecule has 6 nitrogen and oxygen atoms in total. The van der Waals surface area contributed by atoms with Crippen molar-refractivity contribution in [3.63, 3.8) is 0 Å². The largest absolute Gasteiger partial charge is 0.496 e. The number of ether oxygens (including phenoxy) is 1. The second-order valence-electron chi connectivity index (χ2n) is 4.20. The normalized spacial score (nSPS) is 10.2. The highest BCUT2D eigenvalue weighted by atomic mass is 35.5. The van der Waals surface area contributed by atoms with E-state index in [0.717, 1.165) is 0 Å². The molecular weight excluding hydrogens is 294 g/mol. The van der Waals surface area contributed by atoms with Crippen molar-refractivity contribution < 1.29 is 9.53 Å². The number of rotatable bonds is 5. The minimum absolute atomic E-state index is 0.292. The van der Waals surface area contributed by atoms with Crippen LogP contribution in [-0.2, 0) is 6.54 Å². The average Bonchev–Trinajstić information content (AvgIpc) is 2.49. The zero-order valence-electron chi connectivity index (χ0n) is 11.4. The second kappa shape index (κ2) is 6.90. The molecule has 0 saturated heterocycles. The minimum Gasteiger partial charge on any atom is -0.496 e. The molecule has 2 rings (SSSR count). The molecule has 1 aromatic heterocycles. The minimum atomic E-state index is -0.355. The van der Waals surface area contributed by atoms with Gasteiger partial charge in [-0.1, -0.05) is 11.6 Å². The van der Waals surface area contributed by atoms with Crippen molar-refractivity contribution in [2.24, 2.45) is 0 Å². The summed E-state index contributed by atoms with van der Waals surface area (Å²) in [5, 5.41) is 3.16.